The van der Waals surface area contributed by atoms with Gasteiger partial charge in [-0.3, -0.25) is 4.79 Å². The molecule has 0 radical (unpaired) electrons. The van der Waals surface area contributed by atoms with Crippen molar-refractivity contribution in [1.82, 2.24) is 20.2 Å². The van der Waals surface area contributed by atoms with Crippen molar-refractivity contribution in [1.29, 1.82) is 0 Å². The van der Waals surface area contributed by atoms with Crippen LogP contribution in [0.15, 0.2) is 81.8 Å². The number of para-hydroxylation sites is 1. The minimum absolute atomic E-state index is 0.221. The summed E-state index contributed by atoms with van der Waals surface area (Å²) < 4.78 is 8.26. The molecule has 0 aliphatic carbocycles. The van der Waals surface area contributed by atoms with Gasteiger partial charge in [-0.25, -0.2) is 4.68 Å². The van der Waals surface area contributed by atoms with E-state index in [9.17, 15) is 4.79 Å². The molecule has 0 atom stereocenters. The van der Waals surface area contributed by atoms with Crippen LogP contribution in [0.4, 0.5) is 5.69 Å². The normalized spacial score (nSPS) is 11.1. The monoisotopic (exact) mass is 487 g/mol. The van der Waals surface area contributed by atoms with Crippen LogP contribution in [0.25, 0.3) is 27.9 Å². The zero-order chi connectivity index (χ0) is 22.2. The van der Waals surface area contributed by atoms with Crippen molar-refractivity contribution in [2.75, 3.05) is 11.9 Å². The fourth-order valence-corrected chi connectivity index (χ4v) is 3.83. The van der Waals surface area contributed by atoms with E-state index in [-0.39, 0.29) is 5.91 Å². The van der Waals surface area contributed by atoms with Crippen molar-refractivity contribution in [3.05, 3.63) is 88.7 Å². The van der Waals surface area contributed by atoms with Crippen molar-refractivity contribution >= 4 is 38.4 Å². The Morgan fingerprint density at radius 2 is 1.78 bits per heavy atom. The van der Waals surface area contributed by atoms with Gasteiger partial charge >= 0.3 is 0 Å². The fraction of sp³-hybridized carbons (Fsp3) is 0.0833. The number of rotatable bonds is 4. The lowest BCUT2D eigenvalue weighted by Gasteiger charge is -2.16. The van der Waals surface area contributed by atoms with Gasteiger partial charge < -0.3 is 9.42 Å². The summed E-state index contributed by atoms with van der Waals surface area (Å²) in [7, 11) is 1.73. The van der Waals surface area contributed by atoms with Gasteiger partial charge in [0.05, 0.1) is 16.8 Å². The van der Waals surface area contributed by atoms with Crippen LogP contribution in [-0.2, 0) is 0 Å². The van der Waals surface area contributed by atoms with Crippen LogP contribution in [-0.4, -0.2) is 33.1 Å². The summed E-state index contributed by atoms with van der Waals surface area (Å²) in [5, 5.41) is 13.5. The van der Waals surface area contributed by atoms with Gasteiger partial charge in [-0.1, -0.05) is 44.5 Å². The summed E-state index contributed by atoms with van der Waals surface area (Å²) in [5.74, 6) is 0.453. The summed E-state index contributed by atoms with van der Waals surface area (Å²) in [6.07, 6.45) is 0. The fourth-order valence-electron chi connectivity index (χ4n) is 3.57. The molecule has 3 aromatic carbocycles. The number of halogens is 1. The number of carbonyl (C=O) groups excluding carboxylic acids is 1. The molecule has 0 aliphatic heterocycles. The van der Waals surface area contributed by atoms with Crippen LogP contribution in [0.1, 0.15) is 16.2 Å². The average molecular weight is 488 g/mol. The molecule has 0 unspecified atom stereocenters. The topological polar surface area (TPSA) is 77.1 Å². The van der Waals surface area contributed by atoms with Gasteiger partial charge in [0.2, 0.25) is 0 Å². The van der Waals surface area contributed by atoms with Gasteiger partial charge in [-0.05, 0) is 61.5 Å². The summed E-state index contributed by atoms with van der Waals surface area (Å²) in [6, 6.07) is 23.0. The maximum atomic E-state index is 13.0. The zero-order valence-electron chi connectivity index (χ0n) is 17.4. The van der Waals surface area contributed by atoms with Crippen LogP contribution in [0, 0.1) is 6.92 Å². The van der Waals surface area contributed by atoms with Gasteiger partial charge in [0.25, 0.3) is 5.91 Å². The van der Waals surface area contributed by atoms with Crippen LogP contribution in [0.2, 0.25) is 0 Å². The first-order valence-corrected chi connectivity index (χ1v) is 10.7. The van der Waals surface area contributed by atoms with Crippen LogP contribution in [0.5, 0.6) is 0 Å². The molecule has 2 heterocycles. The van der Waals surface area contributed by atoms with E-state index in [2.05, 4.69) is 31.4 Å². The molecule has 0 bridgehead atoms. The highest BCUT2D eigenvalue weighted by Crippen LogP contribution is 2.31. The molecule has 32 heavy (non-hydrogen) atoms. The number of amides is 1. The SMILES string of the molecule is Cc1c(C(=O)N(C)c2ccccc2)nnn1-c1ccc2noc(-c3ccc(Br)cc3)c2c1. The van der Waals surface area contributed by atoms with Crippen molar-refractivity contribution in [3.8, 4) is 17.0 Å². The minimum atomic E-state index is -0.221. The third-order valence-corrected chi connectivity index (χ3v) is 5.88. The Morgan fingerprint density at radius 3 is 2.53 bits per heavy atom. The largest absolute Gasteiger partial charge is 0.355 e. The van der Waals surface area contributed by atoms with Crippen molar-refractivity contribution in [2.45, 2.75) is 6.92 Å². The third-order valence-electron chi connectivity index (χ3n) is 5.36. The van der Waals surface area contributed by atoms with Crippen molar-refractivity contribution in [3.63, 3.8) is 0 Å². The summed E-state index contributed by atoms with van der Waals surface area (Å²) >= 11 is 3.45. The minimum Gasteiger partial charge on any atom is -0.355 e. The van der Waals surface area contributed by atoms with Crippen molar-refractivity contribution in [2.24, 2.45) is 0 Å². The van der Waals surface area contributed by atoms with Crippen LogP contribution in [0.3, 0.4) is 0 Å². The van der Waals surface area contributed by atoms with Crippen molar-refractivity contribution < 1.29 is 9.32 Å². The Morgan fingerprint density at radius 1 is 1.03 bits per heavy atom. The summed E-state index contributed by atoms with van der Waals surface area (Å²) in [4.78, 5) is 14.6. The molecule has 1 amide bonds. The van der Waals surface area contributed by atoms with Crippen LogP contribution < -0.4 is 4.90 Å². The lowest BCUT2D eigenvalue weighted by Crippen LogP contribution is -2.27. The Balaban J connectivity index is 1.52. The Hall–Kier alpha value is -3.78. The van der Waals surface area contributed by atoms with Gasteiger partial charge in [-0.15, -0.1) is 5.10 Å². The standard InChI is InChI=1S/C24H18BrN5O2/c1-15-22(24(31)29(2)18-6-4-3-5-7-18)26-28-30(15)19-12-13-21-20(14-19)23(32-27-21)16-8-10-17(25)11-9-16/h3-14H,1-2H3. The molecule has 0 fully saturated rings. The molecule has 0 saturated heterocycles. The predicted molar refractivity (Wildman–Crippen MR) is 126 cm³/mol. The molecular formula is C24H18BrN5O2. The van der Waals surface area contributed by atoms with Gasteiger partial charge in [0.1, 0.15) is 5.52 Å². The lowest BCUT2D eigenvalue weighted by molar-refractivity contribution is 0.0987. The Bertz CT molecular complexity index is 1420. The number of fused-ring (bicyclic) bond motifs is 1. The number of carbonyl (C=O) groups is 1. The molecule has 0 spiro atoms. The number of hydrogen-bond acceptors (Lipinski definition) is 5. The maximum Gasteiger partial charge on any atom is 0.280 e. The summed E-state index contributed by atoms with van der Waals surface area (Å²) in [6.45, 7) is 1.83. The molecule has 0 saturated carbocycles. The predicted octanol–water partition coefficient (Wildman–Crippen LogP) is 5.42. The average Bonchev–Trinajstić information content (AvgIpc) is 3.42. The maximum absolute atomic E-state index is 13.0. The second-order valence-corrected chi connectivity index (χ2v) is 8.27. The number of anilines is 1. The second kappa shape index (κ2) is 8.05. The highest BCUT2D eigenvalue weighted by atomic mass is 79.9. The smallest absolute Gasteiger partial charge is 0.280 e. The first kappa shape index (κ1) is 20.1. The highest BCUT2D eigenvalue weighted by Gasteiger charge is 2.22. The summed E-state index contributed by atoms with van der Waals surface area (Å²) in [5.41, 5.74) is 4.17. The lowest BCUT2D eigenvalue weighted by atomic mass is 10.1. The number of hydrogen-bond donors (Lipinski definition) is 0. The first-order valence-electron chi connectivity index (χ1n) is 9.94. The molecular weight excluding hydrogens is 470 g/mol. The van der Waals surface area contributed by atoms with E-state index < -0.39 is 0 Å². The molecule has 5 rings (SSSR count). The number of nitrogens with zero attached hydrogens (tertiary/aromatic N) is 5. The van der Waals surface area contributed by atoms with E-state index >= 15 is 0 Å². The van der Waals surface area contributed by atoms with E-state index in [0.29, 0.717) is 17.1 Å². The van der Waals surface area contributed by atoms with E-state index in [1.54, 1.807) is 16.6 Å². The molecule has 2 aromatic heterocycles. The van der Waals surface area contributed by atoms with E-state index in [4.69, 9.17) is 4.52 Å². The first-order chi connectivity index (χ1) is 15.5. The number of aromatic nitrogens is 4. The molecule has 7 nitrogen and oxygen atoms in total. The van der Waals surface area contributed by atoms with E-state index in [1.165, 1.54) is 0 Å². The molecule has 8 heteroatoms. The van der Waals surface area contributed by atoms with E-state index in [1.807, 2.05) is 79.7 Å². The van der Waals surface area contributed by atoms with Gasteiger partial charge in [0.15, 0.2) is 11.5 Å². The molecule has 5 aromatic rings. The molecule has 0 aliphatic rings. The Kier molecular flexibility index (Phi) is 5.07. The molecule has 0 N–H and O–H groups in total. The van der Waals surface area contributed by atoms with E-state index in [0.717, 1.165) is 32.3 Å². The Labute approximate surface area is 192 Å². The van der Waals surface area contributed by atoms with Gasteiger partial charge in [-0.2, -0.15) is 0 Å². The quantitative estimate of drug-likeness (QED) is 0.338. The zero-order valence-corrected chi connectivity index (χ0v) is 18.9. The highest BCUT2D eigenvalue weighted by molar-refractivity contribution is 9.10. The van der Waals surface area contributed by atoms with Crippen LogP contribution >= 0.6 is 15.9 Å². The van der Waals surface area contributed by atoms with Gasteiger partial charge in [0, 0.05) is 22.8 Å². The molecule has 158 valence electrons. The number of benzene rings is 3. The second-order valence-electron chi connectivity index (χ2n) is 7.36. The third kappa shape index (κ3) is 3.48.